The molecule has 2 aromatic rings. The lowest BCUT2D eigenvalue weighted by Gasteiger charge is -2.14. The van der Waals surface area contributed by atoms with E-state index in [1.807, 2.05) is 13.8 Å². The molecule has 3 N–H and O–H groups in total. The van der Waals surface area contributed by atoms with Crippen molar-refractivity contribution < 1.29 is 9.53 Å². The van der Waals surface area contributed by atoms with Crippen LogP contribution in [0.2, 0.25) is 5.02 Å². The van der Waals surface area contributed by atoms with Crippen LogP contribution < -0.4 is 15.4 Å². The highest BCUT2D eigenvalue weighted by Crippen LogP contribution is 2.29. The number of ether oxygens (including phenoxy) is 1. The molecule has 2 heterocycles. The molecule has 1 aromatic heterocycles. The van der Waals surface area contributed by atoms with E-state index in [0.717, 1.165) is 24.2 Å². The zero-order valence-corrected chi connectivity index (χ0v) is 13.8. The number of anilines is 1. The summed E-state index contributed by atoms with van der Waals surface area (Å²) in [6, 6.07) is 5.19. The van der Waals surface area contributed by atoms with Gasteiger partial charge < -0.3 is 15.4 Å². The van der Waals surface area contributed by atoms with Gasteiger partial charge in [0.1, 0.15) is 5.75 Å². The second-order valence-corrected chi connectivity index (χ2v) is 6.13. The van der Waals surface area contributed by atoms with Crippen LogP contribution in [0.1, 0.15) is 35.6 Å². The van der Waals surface area contributed by atoms with Crippen LogP contribution >= 0.6 is 11.6 Å². The van der Waals surface area contributed by atoms with Crippen molar-refractivity contribution in [2.24, 2.45) is 0 Å². The molecular weight excluding hydrogens is 316 g/mol. The van der Waals surface area contributed by atoms with Crippen molar-refractivity contribution >= 4 is 23.2 Å². The maximum atomic E-state index is 12.4. The monoisotopic (exact) mass is 334 g/mol. The molecule has 0 unspecified atom stereocenters. The van der Waals surface area contributed by atoms with E-state index in [9.17, 15) is 4.79 Å². The Morgan fingerprint density at radius 2 is 2.26 bits per heavy atom. The van der Waals surface area contributed by atoms with Crippen molar-refractivity contribution in [2.75, 3.05) is 11.9 Å². The number of carbonyl (C=O) groups excluding carboxylic acids is 1. The van der Waals surface area contributed by atoms with E-state index in [1.165, 1.54) is 0 Å². The summed E-state index contributed by atoms with van der Waals surface area (Å²) in [5.74, 6) is 0.348. The number of carbonyl (C=O) groups is 1. The lowest BCUT2D eigenvalue weighted by Crippen LogP contribution is -2.25. The smallest absolute Gasteiger partial charge is 0.276 e. The van der Waals surface area contributed by atoms with Gasteiger partial charge in [-0.25, -0.2) is 0 Å². The van der Waals surface area contributed by atoms with Gasteiger partial charge in [0.05, 0.1) is 11.1 Å². The molecular formula is C16H19ClN4O2. The summed E-state index contributed by atoms with van der Waals surface area (Å²) >= 11 is 6.19. The summed E-state index contributed by atoms with van der Waals surface area (Å²) in [5.41, 5.74) is 2.98. The molecule has 0 fully saturated rings. The molecule has 1 aliphatic rings. The van der Waals surface area contributed by atoms with Crippen LogP contribution in [0.25, 0.3) is 0 Å². The molecule has 3 rings (SSSR count). The molecule has 1 amide bonds. The maximum absolute atomic E-state index is 12.4. The molecule has 6 nitrogen and oxygen atoms in total. The molecule has 122 valence electrons. The van der Waals surface area contributed by atoms with E-state index in [-0.39, 0.29) is 12.0 Å². The zero-order valence-electron chi connectivity index (χ0n) is 13.1. The van der Waals surface area contributed by atoms with Crippen LogP contribution in [0.5, 0.6) is 5.75 Å². The van der Waals surface area contributed by atoms with Crippen molar-refractivity contribution in [3.05, 3.63) is 40.2 Å². The minimum Gasteiger partial charge on any atom is -0.489 e. The number of halogens is 1. The number of aromatic amines is 1. The molecule has 0 saturated heterocycles. The number of benzene rings is 1. The Hall–Kier alpha value is -2.05. The van der Waals surface area contributed by atoms with Crippen LogP contribution in [0.4, 0.5) is 5.69 Å². The summed E-state index contributed by atoms with van der Waals surface area (Å²) < 4.78 is 5.58. The van der Waals surface area contributed by atoms with Gasteiger partial charge >= 0.3 is 0 Å². The van der Waals surface area contributed by atoms with E-state index < -0.39 is 0 Å². The minimum absolute atomic E-state index is 0.0380. The maximum Gasteiger partial charge on any atom is 0.276 e. The van der Waals surface area contributed by atoms with Gasteiger partial charge in [-0.3, -0.25) is 9.89 Å². The topological polar surface area (TPSA) is 79.0 Å². The highest BCUT2D eigenvalue weighted by molar-refractivity contribution is 6.32. The third-order valence-electron chi connectivity index (χ3n) is 3.57. The summed E-state index contributed by atoms with van der Waals surface area (Å²) in [7, 11) is 0. The quantitative estimate of drug-likeness (QED) is 0.803. The Balaban J connectivity index is 1.75. The van der Waals surface area contributed by atoms with Crippen LogP contribution in [0.3, 0.4) is 0 Å². The number of fused-ring (bicyclic) bond motifs is 1. The highest BCUT2D eigenvalue weighted by atomic mass is 35.5. The average Bonchev–Trinajstić information content (AvgIpc) is 2.94. The zero-order chi connectivity index (χ0) is 16.4. The van der Waals surface area contributed by atoms with Crippen LogP contribution in [0.15, 0.2) is 18.2 Å². The molecule has 0 spiro atoms. The van der Waals surface area contributed by atoms with Crippen molar-refractivity contribution in [2.45, 2.75) is 32.9 Å². The molecule has 23 heavy (non-hydrogen) atoms. The lowest BCUT2D eigenvalue weighted by molar-refractivity contribution is 0.102. The molecule has 0 saturated carbocycles. The van der Waals surface area contributed by atoms with E-state index in [4.69, 9.17) is 16.3 Å². The minimum atomic E-state index is -0.250. The van der Waals surface area contributed by atoms with Crippen molar-refractivity contribution in [3.8, 4) is 5.75 Å². The standard InChI is InChI=1S/C16H19ClN4O2/c1-9(2)23-14-4-3-10(7-12(14)17)19-16(22)15-11-8-18-6-5-13(11)20-21-15/h3-4,7,9,18H,5-6,8H2,1-2H3,(H,19,22)(H,20,21). The molecule has 0 atom stereocenters. The van der Waals surface area contributed by atoms with Gasteiger partial charge in [0.15, 0.2) is 5.69 Å². The Kier molecular flexibility index (Phi) is 4.54. The van der Waals surface area contributed by atoms with E-state index in [1.54, 1.807) is 18.2 Å². The Bertz CT molecular complexity index is 727. The van der Waals surface area contributed by atoms with Gasteiger partial charge in [-0.05, 0) is 32.0 Å². The van der Waals surface area contributed by atoms with Gasteiger partial charge in [0.25, 0.3) is 5.91 Å². The molecule has 7 heteroatoms. The highest BCUT2D eigenvalue weighted by Gasteiger charge is 2.21. The predicted octanol–water partition coefficient (Wildman–Crippen LogP) is 2.75. The molecule has 1 aromatic carbocycles. The largest absolute Gasteiger partial charge is 0.489 e. The summed E-state index contributed by atoms with van der Waals surface area (Å²) in [4.78, 5) is 12.4. The first-order valence-corrected chi connectivity index (χ1v) is 7.97. The normalized spacial score (nSPS) is 13.7. The average molecular weight is 335 g/mol. The first-order valence-electron chi connectivity index (χ1n) is 7.59. The number of rotatable bonds is 4. The predicted molar refractivity (Wildman–Crippen MR) is 89.2 cm³/mol. The molecule has 0 bridgehead atoms. The van der Waals surface area contributed by atoms with Gasteiger partial charge in [-0.15, -0.1) is 0 Å². The number of hydrogen-bond acceptors (Lipinski definition) is 4. The molecule has 0 radical (unpaired) electrons. The van der Waals surface area contributed by atoms with Crippen molar-refractivity contribution in [3.63, 3.8) is 0 Å². The van der Waals surface area contributed by atoms with Crippen LogP contribution in [-0.2, 0) is 13.0 Å². The number of H-pyrrole nitrogens is 1. The van der Waals surface area contributed by atoms with Gasteiger partial charge in [0, 0.05) is 36.5 Å². The van der Waals surface area contributed by atoms with E-state index >= 15 is 0 Å². The summed E-state index contributed by atoms with van der Waals surface area (Å²) in [6.07, 6.45) is 0.888. The fraction of sp³-hybridized carbons (Fsp3) is 0.375. The van der Waals surface area contributed by atoms with Gasteiger partial charge in [-0.2, -0.15) is 5.10 Å². The fourth-order valence-electron chi connectivity index (χ4n) is 2.53. The van der Waals surface area contributed by atoms with Crippen molar-refractivity contribution in [1.29, 1.82) is 0 Å². The summed E-state index contributed by atoms with van der Waals surface area (Å²) in [6.45, 7) is 5.40. The van der Waals surface area contributed by atoms with E-state index in [2.05, 4.69) is 20.8 Å². The third kappa shape index (κ3) is 3.48. The van der Waals surface area contributed by atoms with Gasteiger partial charge in [-0.1, -0.05) is 11.6 Å². The molecule has 1 aliphatic heterocycles. The van der Waals surface area contributed by atoms with Crippen LogP contribution in [0, 0.1) is 0 Å². The van der Waals surface area contributed by atoms with E-state index in [0.29, 0.717) is 28.7 Å². The Morgan fingerprint density at radius 3 is 3.00 bits per heavy atom. The first kappa shape index (κ1) is 15.8. The third-order valence-corrected chi connectivity index (χ3v) is 3.87. The first-order chi connectivity index (χ1) is 11.0. The van der Waals surface area contributed by atoms with Crippen molar-refractivity contribution in [1.82, 2.24) is 15.5 Å². The van der Waals surface area contributed by atoms with Gasteiger partial charge in [0.2, 0.25) is 0 Å². The number of hydrogen-bond donors (Lipinski definition) is 3. The number of aromatic nitrogens is 2. The SMILES string of the molecule is CC(C)Oc1ccc(NC(=O)c2n[nH]c3c2CNCC3)cc1Cl. The lowest BCUT2D eigenvalue weighted by atomic mass is 10.1. The number of nitrogens with one attached hydrogen (secondary N) is 3. The Morgan fingerprint density at radius 1 is 1.43 bits per heavy atom. The number of nitrogens with zero attached hydrogens (tertiary/aromatic N) is 1. The second-order valence-electron chi connectivity index (χ2n) is 5.72. The molecule has 0 aliphatic carbocycles. The fourth-order valence-corrected chi connectivity index (χ4v) is 2.76. The van der Waals surface area contributed by atoms with Crippen LogP contribution in [-0.4, -0.2) is 28.8 Å². The Labute approximate surface area is 139 Å². The number of amides is 1. The second kappa shape index (κ2) is 6.60. The summed E-state index contributed by atoms with van der Waals surface area (Å²) in [5, 5.41) is 13.6.